The highest BCUT2D eigenvalue weighted by Crippen LogP contribution is 2.44. The van der Waals surface area contributed by atoms with Crippen molar-refractivity contribution in [3.8, 4) is 0 Å². The van der Waals surface area contributed by atoms with Gasteiger partial charge >= 0.3 is 5.97 Å². The Hall–Kier alpha value is -1.70. The number of carboxylic acid groups (broad SMARTS) is 1. The highest BCUT2D eigenvalue weighted by Gasteiger charge is 2.50. The summed E-state index contributed by atoms with van der Waals surface area (Å²) in [5.74, 6) is -1.43. The van der Waals surface area contributed by atoms with Gasteiger partial charge in [0, 0.05) is 16.7 Å². The number of allylic oxidation sites excluding steroid dienone is 2. The van der Waals surface area contributed by atoms with E-state index in [-0.39, 0.29) is 34.3 Å². The summed E-state index contributed by atoms with van der Waals surface area (Å²) >= 11 is 1.60. The molecule has 0 bridgehead atoms. The summed E-state index contributed by atoms with van der Waals surface area (Å²) in [5, 5.41) is 23.6. The van der Waals surface area contributed by atoms with Crippen LogP contribution < -0.4 is 0 Å². The summed E-state index contributed by atoms with van der Waals surface area (Å²) in [6, 6.07) is 0. The van der Waals surface area contributed by atoms with Crippen molar-refractivity contribution >= 4 is 45.8 Å². The molecule has 0 spiro atoms. The quantitative estimate of drug-likeness (QED) is 0.0948. The van der Waals surface area contributed by atoms with Crippen molar-refractivity contribution in [1.29, 1.82) is 0 Å². The van der Waals surface area contributed by atoms with Crippen molar-refractivity contribution in [1.82, 2.24) is 4.98 Å². The number of carbonyl (C=O) groups excluding carboxylic acids is 1. The maximum atomic E-state index is 14.9. The molecule has 51 heavy (non-hydrogen) atoms. The van der Waals surface area contributed by atoms with E-state index in [2.05, 4.69) is 99.2 Å². The number of ketones is 1. The maximum absolute atomic E-state index is 14.9. The molecular weight excluding hydrogens is 691 g/mol. The van der Waals surface area contributed by atoms with E-state index in [1.807, 2.05) is 39.2 Å². The van der Waals surface area contributed by atoms with Crippen molar-refractivity contribution in [3.05, 3.63) is 46.0 Å². The van der Waals surface area contributed by atoms with Crippen LogP contribution in [0.5, 0.6) is 0 Å². The van der Waals surface area contributed by atoms with Crippen LogP contribution in [0.4, 0.5) is 0 Å². The van der Waals surface area contributed by atoms with Crippen LogP contribution in [0.15, 0.2) is 35.3 Å². The van der Waals surface area contributed by atoms with Crippen LogP contribution in [0.2, 0.25) is 36.3 Å². The first-order chi connectivity index (χ1) is 23.1. The molecule has 0 fully saturated rings. The Kier molecular flexibility index (Phi) is 17.7. The average Bonchev–Trinajstić information content (AvgIpc) is 3.39. The van der Waals surface area contributed by atoms with E-state index in [4.69, 9.17) is 8.85 Å². The zero-order chi connectivity index (χ0) is 39.8. The zero-order valence-electron chi connectivity index (χ0n) is 35.0. The highest BCUT2D eigenvalue weighted by molar-refractivity contribution is 7.09. The second-order valence-electron chi connectivity index (χ2n) is 18.4. The lowest BCUT2D eigenvalue weighted by atomic mass is 9.71. The number of aliphatic hydroxyl groups is 1. The molecule has 0 aliphatic carbocycles. The monoisotopic (exact) mass is 763 g/mol. The molecule has 0 unspecified atom stereocenters. The molecular formula is C41H73NO6SSi2. The summed E-state index contributed by atoms with van der Waals surface area (Å²) in [7, 11) is -4.73. The fraction of sp³-hybridized carbons (Fsp3) is 0.732. The highest BCUT2D eigenvalue weighted by atomic mass is 32.1. The zero-order valence-corrected chi connectivity index (χ0v) is 37.8. The fourth-order valence-corrected chi connectivity index (χ4v) is 9.14. The first-order valence-electron chi connectivity index (χ1n) is 18.7. The van der Waals surface area contributed by atoms with Crippen LogP contribution in [0.1, 0.15) is 125 Å². The van der Waals surface area contributed by atoms with Gasteiger partial charge in [0.25, 0.3) is 0 Å². The Morgan fingerprint density at radius 2 is 1.53 bits per heavy atom. The summed E-state index contributed by atoms with van der Waals surface area (Å²) < 4.78 is 13.9. The van der Waals surface area contributed by atoms with Gasteiger partial charge in [0.05, 0.1) is 35.4 Å². The average molecular weight is 764 g/mol. The minimum atomic E-state index is -2.41. The fourth-order valence-electron chi connectivity index (χ4n) is 5.70. The first-order valence-corrected chi connectivity index (χ1v) is 25.4. The molecule has 0 saturated carbocycles. The Labute approximate surface area is 317 Å². The summed E-state index contributed by atoms with van der Waals surface area (Å²) in [4.78, 5) is 31.5. The van der Waals surface area contributed by atoms with Crippen LogP contribution in [-0.2, 0) is 18.4 Å². The molecule has 0 aliphatic heterocycles. The van der Waals surface area contributed by atoms with Gasteiger partial charge < -0.3 is 19.1 Å². The van der Waals surface area contributed by atoms with Gasteiger partial charge in [-0.2, -0.15) is 0 Å². The number of hydrogen-bond acceptors (Lipinski definition) is 7. The van der Waals surface area contributed by atoms with E-state index in [9.17, 15) is 19.8 Å². The lowest BCUT2D eigenvalue weighted by molar-refractivity contribution is -0.146. The Bertz CT molecular complexity index is 1360. The van der Waals surface area contributed by atoms with Crippen molar-refractivity contribution in [3.63, 3.8) is 0 Å². The Balaban J connectivity index is 3.35. The number of thiazole rings is 1. The predicted octanol–water partition coefficient (Wildman–Crippen LogP) is 11.4. The number of aliphatic hydroxyl groups excluding tert-OH is 1. The minimum absolute atomic E-state index is 0.0239. The van der Waals surface area contributed by atoms with Crippen molar-refractivity contribution in [2.45, 2.75) is 176 Å². The van der Waals surface area contributed by atoms with Crippen molar-refractivity contribution < 1.29 is 28.7 Å². The third kappa shape index (κ3) is 14.2. The molecule has 7 nitrogen and oxygen atoms in total. The first kappa shape index (κ1) is 47.3. The lowest BCUT2D eigenvalue weighted by Gasteiger charge is -2.47. The van der Waals surface area contributed by atoms with Crippen LogP contribution in [0.3, 0.4) is 0 Å². The molecule has 0 radical (unpaired) electrons. The maximum Gasteiger partial charge on any atom is 0.305 e. The van der Waals surface area contributed by atoms with Gasteiger partial charge in [-0.15, -0.1) is 17.9 Å². The lowest BCUT2D eigenvalue weighted by Crippen LogP contribution is -2.55. The number of rotatable bonds is 21. The van der Waals surface area contributed by atoms with E-state index in [1.165, 1.54) is 5.57 Å². The number of carboxylic acids is 1. The third-order valence-corrected chi connectivity index (χ3v) is 21.2. The van der Waals surface area contributed by atoms with Crippen LogP contribution in [0, 0.1) is 24.2 Å². The molecule has 10 heteroatoms. The van der Waals surface area contributed by atoms with Gasteiger partial charge in [-0.3, -0.25) is 9.59 Å². The molecule has 2 N–H and O–H groups in total. The van der Waals surface area contributed by atoms with Gasteiger partial charge in [-0.1, -0.05) is 80.0 Å². The number of carbonyl (C=O) groups is 2. The number of aliphatic carboxylic acids is 1. The molecule has 1 aromatic heterocycles. The summed E-state index contributed by atoms with van der Waals surface area (Å²) in [6.45, 7) is 37.6. The standard InChI is InChI=1S/C41H73NO6SSi2/c1-18-20-33(38(46)41(12,13)35(26-36(44)45)47-50(14,15)39(6,7)8)37(48-51(16,17)40(9,10)11)29(3)22-19-21-28(2)23-24-34(43)30(4)25-32-27-49-31(5)42-32/h18,23,25,27,29,33-35,37,43H,1,19-22,24,26H2,2-17H3,(H,44,45)/b28-23+,30-25+/t29-,33+,34-,35-,37-/m0/s1. The predicted molar refractivity (Wildman–Crippen MR) is 221 cm³/mol. The molecule has 292 valence electrons. The number of Topliss-reactive ketones (excluding diaryl/α,β-unsaturated/α-hetero) is 1. The molecule has 0 amide bonds. The molecule has 1 heterocycles. The van der Waals surface area contributed by atoms with Crippen molar-refractivity contribution in [2.75, 3.05) is 0 Å². The molecule has 1 rings (SSSR count). The van der Waals surface area contributed by atoms with Crippen LogP contribution in [-0.4, -0.2) is 61.9 Å². The molecule has 0 aliphatic rings. The van der Waals surface area contributed by atoms with E-state index in [0.29, 0.717) is 12.8 Å². The smallest absolute Gasteiger partial charge is 0.305 e. The number of nitrogens with zero attached hydrogens (tertiary/aromatic N) is 1. The van der Waals surface area contributed by atoms with E-state index in [0.717, 1.165) is 35.5 Å². The van der Waals surface area contributed by atoms with Gasteiger partial charge in [0.15, 0.2) is 16.6 Å². The van der Waals surface area contributed by atoms with E-state index in [1.54, 1.807) is 17.4 Å². The molecule has 0 aromatic carbocycles. The third-order valence-electron chi connectivity index (χ3n) is 11.5. The van der Waals surface area contributed by atoms with Crippen LogP contribution >= 0.6 is 11.3 Å². The molecule has 1 aromatic rings. The number of aryl methyl sites for hydroxylation is 1. The number of aromatic nitrogens is 1. The van der Waals surface area contributed by atoms with Crippen LogP contribution in [0.25, 0.3) is 6.08 Å². The van der Waals surface area contributed by atoms with E-state index >= 15 is 0 Å². The van der Waals surface area contributed by atoms with Gasteiger partial charge in [0.2, 0.25) is 0 Å². The second-order valence-corrected chi connectivity index (χ2v) is 29.0. The largest absolute Gasteiger partial charge is 0.481 e. The summed E-state index contributed by atoms with van der Waals surface area (Å²) in [5.41, 5.74) is 1.93. The van der Waals surface area contributed by atoms with Gasteiger partial charge in [-0.05, 0) is 107 Å². The molecule has 5 atom stereocenters. The van der Waals surface area contributed by atoms with Crippen molar-refractivity contribution in [2.24, 2.45) is 17.3 Å². The Morgan fingerprint density at radius 3 is 2.00 bits per heavy atom. The second kappa shape index (κ2) is 19.1. The van der Waals surface area contributed by atoms with Gasteiger partial charge in [-0.25, -0.2) is 4.98 Å². The van der Waals surface area contributed by atoms with Gasteiger partial charge in [0.1, 0.15) is 5.78 Å². The normalized spacial score (nSPS) is 17.1. The van der Waals surface area contributed by atoms with E-state index < -0.39 is 46.1 Å². The SMILES string of the molecule is C=CC[C@@H](C(=O)C(C)(C)[C@H](CC(=O)O)O[Si](C)(C)C(C)(C)C)[C@@H](O[Si](C)(C)C(C)(C)C)[C@@H](C)CCC/C(C)=C/C[C@H](O)/C(C)=C/c1csc(C)n1. The summed E-state index contributed by atoms with van der Waals surface area (Å²) in [6.07, 6.45) is 7.58. The minimum Gasteiger partial charge on any atom is -0.481 e. The molecule has 0 saturated heterocycles. The topological polar surface area (TPSA) is 106 Å². The Morgan fingerprint density at radius 1 is 0.980 bits per heavy atom. The number of hydrogen-bond donors (Lipinski definition) is 2.